The standard InChI is InChI=1S/C22H27N3O2/c1-17-7-5-9-19(15-17)22(27)25-12-6-11-24(13-14-25)16-21(26)23-20-10-4-3-8-18(20)2/h3-5,7-10,15H,6,11-14,16H2,1-2H3,(H,23,26). The Kier molecular flexibility index (Phi) is 6.24. The zero-order valence-electron chi connectivity index (χ0n) is 16.1. The number of hydrogen-bond acceptors (Lipinski definition) is 3. The number of nitrogens with one attached hydrogen (secondary N) is 1. The molecule has 0 aromatic heterocycles. The van der Waals surface area contributed by atoms with Crippen molar-refractivity contribution in [2.45, 2.75) is 20.3 Å². The van der Waals surface area contributed by atoms with E-state index in [-0.39, 0.29) is 11.8 Å². The third-order valence-electron chi connectivity index (χ3n) is 4.93. The highest BCUT2D eigenvalue weighted by Crippen LogP contribution is 2.14. The topological polar surface area (TPSA) is 52.7 Å². The molecule has 1 saturated heterocycles. The molecule has 0 unspecified atom stereocenters. The van der Waals surface area contributed by atoms with Gasteiger partial charge in [-0.2, -0.15) is 0 Å². The van der Waals surface area contributed by atoms with Gasteiger partial charge in [-0.1, -0.05) is 35.9 Å². The summed E-state index contributed by atoms with van der Waals surface area (Å²) < 4.78 is 0. The summed E-state index contributed by atoms with van der Waals surface area (Å²) in [6.45, 7) is 7.22. The van der Waals surface area contributed by atoms with Crippen LogP contribution in [-0.4, -0.2) is 54.3 Å². The molecule has 0 spiro atoms. The van der Waals surface area contributed by atoms with Gasteiger partial charge < -0.3 is 10.2 Å². The van der Waals surface area contributed by atoms with Crippen molar-refractivity contribution in [2.24, 2.45) is 0 Å². The molecule has 3 rings (SSSR count). The largest absolute Gasteiger partial charge is 0.337 e. The average molecular weight is 365 g/mol. The minimum Gasteiger partial charge on any atom is -0.337 e. The molecule has 5 nitrogen and oxygen atoms in total. The van der Waals surface area contributed by atoms with Crippen LogP contribution in [0.5, 0.6) is 0 Å². The SMILES string of the molecule is Cc1cccc(C(=O)N2CCCN(CC(=O)Nc3ccccc3C)CC2)c1. The fraction of sp³-hybridized carbons (Fsp3) is 0.364. The summed E-state index contributed by atoms with van der Waals surface area (Å²) in [5.74, 6) is 0.0627. The number of nitrogens with zero attached hydrogens (tertiary/aromatic N) is 2. The van der Waals surface area contributed by atoms with E-state index in [0.29, 0.717) is 19.6 Å². The molecule has 0 radical (unpaired) electrons. The fourth-order valence-electron chi connectivity index (χ4n) is 3.40. The molecule has 0 aliphatic carbocycles. The molecule has 2 aromatic rings. The maximum Gasteiger partial charge on any atom is 0.253 e. The lowest BCUT2D eigenvalue weighted by Crippen LogP contribution is -2.38. The number of benzene rings is 2. The molecular weight excluding hydrogens is 338 g/mol. The van der Waals surface area contributed by atoms with E-state index in [2.05, 4.69) is 10.2 Å². The Hall–Kier alpha value is -2.66. The maximum atomic E-state index is 12.7. The van der Waals surface area contributed by atoms with Gasteiger partial charge in [-0.25, -0.2) is 0 Å². The number of para-hydroxylation sites is 1. The lowest BCUT2D eigenvalue weighted by atomic mass is 10.1. The van der Waals surface area contributed by atoms with Gasteiger partial charge in [0.1, 0.15) is 0 Å². The van der Waals surface area contributed by atoms with E-state index < -0.39 is 0 Å². The number of hydrogen-bond donors (Lipinski definition) is 1. The van der Waals surface area contributed by atoms with Crippen molar-refractivity contribution in [3.05, 3.63) is 65.2 Å². The van der Waals surface area contributed by atoms with E-state index >= 15 is 0 Å². The Morgan fingerprint density at radius 3 is 2.56 bits per heavy atom. The maximum absolute atomic E-state index is 12.7. The molecule has 1 aliphatic rings. The highest BCUT2D eigenvalue weighted by Gasteiger charge is 2.21. The highest BCUT2D eigenvalue weighted by molar-refractivity contribution is 5.94. The molecule has 2 amide bonds. The minimum absolute atomic E-state index is 0.0113. The van der Waals surface area contributed by atoms with Crippen molar-refractivity contribution in [2.75, 3.05) is 38.0 Å². The molecule has 5 heteroatoms. The second-order valence-corrected chi connectivity index (χ2v) is 7.15. The van der Waals surface area contributed by atoms with Gasteiger partial charge >= 0.3 is 0 Å². The van der Waals surface area contributed by atoms with Gasteiger partial charge in [0, 0.05) is 37.4 Å². The van der Waals surface area contributed by atoms with Gasteiger partial charge in [0.2, 0.25) is 5.91 Å². The molecule has 0 atom stereocenters. The van der Waals surface area contributed by atoms with E-state index in [9.17, 15) is 9.59 Å². The molecule has 1 aliphatic heterocycles. The van der Waals surface area contributed by atoms with Crippen molar-refractivity contribution < 1.29 is 9.59 Å². The van der Waals surface area contributed by atoms with Crippen LogP contribution >= 0.6 is 0 Å². The summed E-state index contributed by atoms with van der Waals surface area (Å²) >= 11 is 0. The number of rotatable bonds is 4. The quantitative estimate of drug-likeness (QED) is 0.906. The summed E-state index contributed by atoms with van der Waals surface area (Å²) in [7, 11) is 0. The third-order valence-corrected chi connectivity index (χ3v) is 4.93. The van der Waals surface area contributed by atoms with Crippen LogP contribution in [0.2, 0.25) is 0 Å². The number of aryl methyl sites for hydroxylation is 2. The van der Waals surface area contributed by atoms with Crippen LogP contribution in [0.25, 0.3) is 0 Å². The molecule has 1 heterocycles. The van der Waals surface area contributed by atoms with E-state index in [4.69, 9.17) is 0 Å². The number of amides is 2. The Labute approximate surface area is 161 Å². The first-order chi connectivity index (χ1) is 13.0. The molecule has 1 fully saturated rings. The fourth-order valence-corrected chi connectivity index (χ4v) is 3.40. The lowest BCUT2D eigenvalue weighted by Gasteiger charge is -2.22. The van der Waals surface area contributed by atoms with Crippen LogP contribution < -0.4 is 5.32 Å². The van der Waals surface area contributed by atoms with Crippen molar-refractivity contribution in [3.63, 3.8) is 0 Å². The van der Waals surface area contributed by atoms with E-state index in [1.165, 1.54) is 0 Å². The summed E-state index contributed by atoms with van der Waals surface area (Å²) in [6.07, 6.45) is 0.870. The summed E-state index contributed by atoms with van der Waals surface area (Å²) in [6, 6.07) is 15.5. The van der Waals surface area contributed by atoms with Crippen LogP contribution in [-0.2, 0) is 4.79 Å². The van der Waals surface area contributed by atoms with Crippen molar-refractivity contribution in [1.29, 1.82) is 0 Å². The number of carbonyl (C=O) groups excluding carboxylic acids is 2. The monoisotopic (exact) mass is 365 g/mol. The van der Waals surface area contributed by atoms with Gasteiger partial charge in [-0.05, 0) is 44.0 Å². The predicted octanol–water partition coefficient (Wildman–Crippen LogP) is 3.09. The van der Waals surface area contributed by atoms with Crippen LogP contribution in [0, 0.1) is 13.8 Å². The zero-order valence-corrected chi connectivity index (χ0v) is 16.1. The lowest BCUT2D eigenvalue weighted by molar-refractivity contribution is -0.117. The Bertz CT molecular complexity index is 819. The average Bonchev–Trinajstić information content (AvgIpc) is 2.88. The van der Waals surface area contributed by atoms with Gasteiger partial charge in [0.15, 0.2) is 0 Å². The van der Waals surface area contributed by atoms with Gasteiger partial charge in [-0.3, -0.25) is 14.5 Å². The molecule has 27 heavy (non-hydrogen) atoms. The molecule has 1 N–H and O–H groups in total. The Morgan fingerprint density at radius 2 is 1.78 bits per heavy atom. The van der Waals surface area contributed by atoms with Crippen LogP contribution in [0.15, 0.2) is 48.5 Å². The molecule has 142 valence electrons. The van der Waals surface area contributed by atoms with Crippen molar-refractivity contribution in [3.8, 4) is 0 Å². The smallest absolute Gasteiger partial charge is 0.253 e. The first-order valence-electron chi connectivity index (χ1n) is 9.47. The Morgan fingerprint density at radius 1 is 0.963 bits per heavy atom. The number of carbonyl (C=O) groups is 2. The summed E-state index contributed by atoms with van der Waals surface area (Å²) in [4.78, 5) is 29.1. The normalized spacial score (nSPS) is 15.3. The summed E-state index contributed by atoms with van der Waals surface area (Å²) in [5.41, 5.74) is 3.73. The predicted molar refractivity (Wildman–Crippen MR) is 108 cm³/mol. The first kappa shape index (κ1) is 19.1. The Balaban J connectivity index is 1.54. The van der Waals surface area contributed by atoms with E-state index in [1.807, 2.05) is 67.3 Å². The second kappa shape index (κ2) is 8.82. The van der Waals surface area contributed by atoms with E-state index in [0.717, 1.165) is 41.9 Å². The molecule has 0 saturated carbocycles. The minimum atomic E-state index is -0.0113. The molecule has 2 aromatic carbocycles. The second-order valence-electron chi connectivity index (χ2n) is 7.15. The molecular formula is C22H27N3O2. The number of anilines is 1. The van der Waals surface area contributed by atoms with Crippen LogP contribution in [0.3, 0.4) is 0 Å². The van der Waals surface area contributed by atoms with E-state index in [1.54, 1.807) is 0 Å². The summed E-state index contributed by atoms with van der Waals surface area (Å²) in [5, 5.41) is 2.98. The first-order valence-corrected chi connectivity index (χ1v) is 9.47. The van der Waals surface area contributed by atoms with Gasteiger partial charge in [0.05, 0.1) is 6.54 Å². The van der Waals surface area contributed by atoms with Crippen molar-refractivity contribution in [1.82, 2.24) is 9.80 Å². The van der Waals surface area contributed by atoms with Gasteiger partial charge in [0.25, 0.3) is 5.91 Å². The highest BCUT2D eigenvalue weighted by atomic mass is 16.2. The third kappa shape index (κ3) is 5.17. The van der Waals surface area contributed by atoms with Gasteiger partial charge in [-0.15, -0.1) is 0 Å². The zero-order chi connectivity index (χ0) is 19.2. The van der Waals surface area contributed by atoms with Crippen LogP contribution in [0.1, 0.15) is 27.9 Å². The van der Waals surface area contributed by atoms with Crippen molar-refractivity contribution >= 4 is 17.5 Å². The van der Waals surface area contributed by atoms with Crippen LogP contribution in [0.4, 0.5) is 5.69 Å². The molecule has 0 bridgehead atoms.